The van der Waals surface area contributed by atoms with E-state index in [1.54, 1.807) is 19.2 Å². The molecule has 21 heavy (non-hydrogen) atoms. The summed E-state index contributed by atoms with van der Waals surface area (Å²) in [6, 6.07) is 11.9. The maximum absolute atomic E-state index is 11.1. The Morgan fingerprint density at radius 1 is 1.29 bits per heavy atom. The number of para-hydroxylation sites is 1. The summed E-state index contributed by atoms with van der Waals surface area (Å²) in [7, 11) is 1.57. The molecule has 0 aliphatic heterocycles. The Hall–Kier alpha value is -2.80. The van der Waals surface area contributed by atoms with E-state index < -0.39 is 4.92 Å². The van der Waals surface area contributed by atoms with Crippen molar-refractivity contribution in [1.82, 2.24) is 0 Å². The van der Waals surface area contributed by atoms with E-state index >= 15 is 0 Å². The molecule has 0 unspecified atom stereocenters. The molecule has 3 N–H and O–H groups in total. The van der Waals surface area contributed by atoms with Gasteiger partial charge in [0.2, 0.25) is 0 Å². The molecule has 0 aliphatic rings. The number of nitro benzene ring substituents is 1. The molecule has 0 amide bonds. The Morgan fingerprint density at radius 3 is 2.71 bits per heavy atom. The Kier molecular flexibility index (Phi) is 4.57. The molecule has 0 saturated carbocycles. The number of anilines is 1. The SMILES string of the molecule is COc1cccc(COc2cccc(NN)c2[N+](=O)[O-])c1. The number of nitrogens with one attached hydrogen (secondary N) is 1. The lowest BCUT2D eigenvalue weighted by atomic mass is 10.2. The number of rotatable bonds is 6. The Labute approximate surface area is 121 Å². The van der Waals surface area contributed by atoms with Crippen molar-refractivity contribution in [3.8, 4) is 11.5 Å². The van der Waals surface area contributed by atoms with Gasteiger partial charge in [-0.3, -0.25) is 16.0 Å². The zero-order valence-corrected chi connectivity index (χ0v) is 11.4. The second kappa shape index (κ2) is 6.58. The molecule has 7 heteroatoms. The number of nitro groups is 1. The summed E-state index contributed by atoms with van der Waals surface area (Å²) in [5.74, 6) is 6.12. The molecule has 0 aliphatic carbocycles. The van der Waals surface area contributed by atoms with Crippen molar-refractivity contribution in [2.24, 2.45) is 5.84 Å². The number of methoxy groups -OCH3 is 1. The fourth-order valence-electron chi connectivity index (χ4n) is 1.87. The molecule has 0 radical (unpaired) electrons. The fourth-order valence-corrected chi connectivity index (χ4v) is 1.87. The summed E-state index contributed by atoms with van der Waals surface area (Å²) in [6.07, 6.45) is 0. The molecule has 0 heterocycles. The molecule has 0 saturated heterocycles. The average Bonchev–Trinajstić information content (AvgIpc) is 2.52. The van der Waals surface area contributed by atoms with Gasteiger partial charge in [-0.25, -0.2) is 0 Å². The first kappa shape index (κ1) is 14.6. The summed E-state index contributed by atoms with van der Waals surface area (Å²) in [5.41, 5.74) is 3.14. The third-order valence-corrected chi connectivity index (χ3v) is 2.87. The van der Waals surface area contributed by atoms with Crippen LogP contribution >= 0.6 is 0 Å². The normalized spacial score (nSPS) is 10.0. The van der Waals surface area contributed by atoms with Gasteiger partial charge in [0.25, 0.3) is 0 Å². The Balaban J connectivity index is 2.21. The summed E-state index contributed by atoms with van der Waals surface area (Å²) < 4.78 is 10.6. The highest BCUT2D eigenvalue weighted by atomic mass is 16.6. The monoisotopic (exact) mass is 289 g/mol. The topological polar surface area (TPSA) is 99.7 Å². The minimum absolute atomic E-state index is 0.151. The van der Waals surface area contributed by atoms with E-state index in [9.17, 15) is 10.1 Å². The van der Waals surface area contributed by atoms with Gasteiger partial charge < -0.3 is 14.9 Å². The van der Waals surface area contributed by atoms with Crippen LogP contribution in [0.25, 0.3) is 0 Å². The molecule has 0 atom stereocenters. The van der Waals surface area contributed by atoms with Crippen LogP contribution in [0.3, 0.4) is 0 Å². The van der Waals surface area contributed by atoms with Gasteiger partial charge >= 0.3 is 5.69 Å². The van der Waals surface area contributed by atoms with Gasteiger partial charge in [-0.2, -0.15) is 0 Å². The number of nitrogens with zero attached hydrogens (tertiary/aromatic N) is 1. The maximum Gasteiger partial charge on any atom is 0.335 e. The van der Waals surface area contributed by atoms with Crippen molar-refractivity contribution in [3.63, 3.8) is 0 Å². The zero-order chi connectivity index (χ0) is 15.2. The van der Waals surface area contributed by atoms with Crippen LogP contribution in [0.5, 0.6) is 11.5 Å². The van der Waals surface area contributed by atoms with Crippen molar-refractivity contribution in [3.05, 3.63) is 58.1 Å². The van der Waals surface area contributed by atoms with Gasteiger partial charge in [0.05, 0.1) is 12.0 Å². The maximum atomic E-state index is 11.1. The molecule has 110 valence electrons. The van der Waals surface area contributed by atoms with E-state index in [0.29, 0.717) is 5.75 Å². The second-order valence-electron chi connectivity index (χ2n) is 4.19. The minimum Gasteiger partial charge on any atom is -0.497 e. The Morgan fingerprint density at radius 2 is 2.05 bits per heavy atom. The number of hydrogen-bond donors (Lipinski definition) is 2. The molecule has 0 fully saturated rings. The largest absolute Gasteiger partial charge is 0.497 e. The summed E-state index contributed by atoms with van der Waals surface area (Å²) in [5, 5.41) is 11.1. The molecule has 2 aromatic rings. The van der Waals surface area contributed by atoms with E-state index in [4.69, 9.17) is 15.3 Å². The van der Waals surface area contributed by atoms with E-state index in [2.05, 4.69) is 5.43 Å². The standard InChI is InChI=1S/C14H15N3O4/c1-20-11-5-2-4-10(8-11)9-21-13-7-3-6-12(16-15)14(13)17(18)19/h2-8,16H,9,15H2,1H3. The molecule has 0 spiro atoms. The predicted octanol–water partition coefficient (Wildman–Crippen LogP) is 2.47. The first-order valence-corrected chi connectivity index (χ1v) is 6.15. The van der Waals surface area contributed by atoms with Gasteiger partial charge in [-0.15, -0.1) is 0 Å². The van der Waals surface area contributed by atoms with Crippen molar-refractivity contribution in [2.45, 2.75) is 6.61 Å². The van der Waals surface area contributed by atoms with Gasteiger partial charge in [0.1, 0.15) is 18.0 Å². The lowest BCUT2D eigenvalue weighted by molar-refractivity contribution is -0.385. The highest BCUT2D eigenvalue weighted by Gasteiger charge is 2.20. The number of hydrogen-bond acceptors (Lipinski definition) is 6. The summed E-state index contributed by atoms with van der Waals surface area (Å²) >= 11 is 0. The average molecular weight is 289 g/mol. The predicted molar refractivity (Wildman–Crippen MR) is 78.2 cm³/mol. The number of ether oxygens (including phenoxy) is 2. The van der Waals surface area contributed by atoms with Crippen LogP contribution in [0.15, 0.2) is 42.5 Å². The third-order valence-electron chi connectivity index (χ3n) is 2.87. The van der Waals surface area contributed by atoms with E-state index in [1.165, 1.54) is 12.1 Å². The number of benzene rings is 2. The van der Waals surface area contributed by atoms with Crippen LogP contribution in [0.1, 0.15) is 5.56 Å². The van der Waals surface area contributed by atoms with E-state index in [1.807, 2.05) is 18.2 Å². The first-order chi connectivity index (χ1) is 10.2. The fraction of sp³-hybridized carbons (Fsp3) is 0.143. The van der Waals surface area contributed by atoms with Gasteiger partial charge in [0.15, 0.2) is 5.75 Å². The summed E-state index contributed by atoms with van der Waals surface area (Å²) in [4.78, 5) is 10.6. The number of nitrogen functional groups attached to an aromatic ring is 1. The van der Waals surface area contributed by atoms with Gasteiger partial charge in [-0.1, -0.05) is 18.2 Å². The van der Waals surface area contributed by atoms with Crippen LogP contribution in [0.2, 0.25) is 0 Å². The van der Waals surface area contributed by atoms with Crippen molar-refractivity contribution in [1.29, 1.82) is 0 Å². The highest BCUT2D eigenvalue weighted by Crippen LogP contribution is 2.34. The molecular weight excluding hydrogens is 274 g/mol. The van der Waals surface area contributed by atoms with Crippen LogP contribution in [0.4, 0.5) is 11.4 Å². The molecular formula is C14H15N3O4. The van der Waals surface area contributed by atoms with Crippen LogP contribution in [-0.4, -0.2) is 12.0 Å². The number of nitrogens with two attached hydrogens (primary N) is 1. The smallest absolute Gasteiger partial charge is 0.335 e. The lowest BCUT2D eigenvalue weighted by Gasteiger charge is -2.10. The van der Waals surface area contributed by atoms with Crippen molar-refractivity contribution in [2.75, 3.05) is 12.5 Å². The molecule has 0 aromatic heterocycles. The molecule has 2 aromatic carbocycles. The quantitative estimate of drug-likeness (QED) is 0.481. The van der Waals surface area contributed by atoms with Crippen molar-refractivity contribution >= 4 is 11.4 Å². The van der Waals surface area contributed by atoms with Crippen LogP contribution < -0.4 is 20.7 Å². The first-order valence-electron chi connectivity index (χ1n) is 6.15. The molecule has 2 rings (SSSR count). The third kappa shape index (κ3) is 3.40. The van der Waals surface area contributed by atoms with E-state index in [0.717, 1.165) is 5.56 Å². The highest BCUT2D eigenvalue weighted by molar-refractivity contribution is 5.67. The van der Waals surface area contributed by atoms with Crippen LogP contribution in [0, 0.1) is 10.1 Å². The lowest BCUT2D eigenvalue weighted by Crippen LogP contribution is -2.10. The van der Waals surface area contributed by atoms with Gasteiger partial charge in [-0.05, 0) is 29.8 Å². The molecule has 0 bridgehead atoms. The minimum atomic E-state index is -0.532. The second-order valence-corrected chi connectivity index (χ2v) is 4.19. The van der Waals surface area contributed by atoms with Crippen molar-refractivity contribution < 1.29 is 14.4 Å². The Bertz CT molecular complexity index is 646. The number of hydrazine groups is 1. The van der Waals surface area contributed by atoms with E-state index in [-0.39, 0.29) is 23.7 Å². The summed E-state index contributed by atoms with van der Waals surface area (Å²) in [6.45, 7) is 0.187. The van der Waals surface area contributed by atoms with Crippen LogP contribution in [-0.2, 0) is 6.61 Å². The molecule has 7 nitrogen and oxygen atoms in total. The van der Waals surface area contributed by atoms with Gasteiger partial charge in [0, 0.05) is 0 Å². The zero-order valence-electron chi connectivity index (χ0n) is 11.4.